The Morgan fingerprint density at radius 2 is 1.53 bits per heavy atom. The molecule has 0 spiro atoms. The summed E-state index contributed by atoms with van der Waals surface area (Å²) in [4.78, 5) is 27.0. The van der Waals surface area contributed by atoms with Gasteiger partial charge in [0, 0.05) is 24.1 Å². The number of rotatable bonds is 8. The van der Waals surface area contributed by atoms with Crippen molar-refractivity contribution < 1.29 is 27.9 Å². The summed E-state index contributed by atoms with van der Waals surface area (Å²) in [5, 5.41) is 9.93. The van der Waals surface area contributed by atoms with Crippen LogP contribution in [0.1, 0.15) is 79.8 Å². The van der Waals surface area contributed by atoms with E-state index in [0.29, 0.717) is 25.3 Å². The van der Waals surface area contributed by atoms with Crippen LogP contribution in [0.3, 0.4) is 0 Å². The van der Waals surface area contributed by atoms with E-state index in [4.69, 9.17) is 5.73 Å². The standard InChI is InChI=1S/C28H33F3N2O3/c1-26(36,28(29,30)31)20-9-7-19(8-10-20)25(35)33(22-11-12-22)23-13-16-27(17-14-23,18-15-24(32)34)21-5-3-2-4-6-21/h2-10,22-23,36H,11-18H2,1H3,(H2,32,34)/t23?,26-,27?/m0/s1. The first-order valence-corrected chi connectivity index (χ1v) is 12.5. The summed E-state index contributed by atoms with van der Waals surface area (Å²) in [5.41, 5.74) is 3.51. The fraction of sp³-hybridized carbons (Fsp3) is 0.500. The van der Waals surface area contributed by atoms with Gasteiger partial charge < -0.3 is 15.7 Å². The maximum Gasteiger partial charge on any atom is 0.421 e. The van der Waals surface area contributed by atoms with E-state index in [1.165, 1.54) is 29.8 Å². The lowest BCUT2D eigenvalue weighted by Crippen LogP contribution is -2.46. The van der Waals surface area contributed by atoms with Gasteiger partial charge in [-0.25, -0.2) is 0 Å². The van der Waals surface area contributed by atoms with Crippen LogP contribution < -0.4 is 5.73 Å². The van der Waals surface area contributed by atoms with Crippen molar-refractivity contribution in [2.24, 2.45) is 5.73 Å². The summed E-state index contributed by atoms with van der Waals surface area (Å²) >= 11 is 0. The van der Waals surface area contributed by atoms with Crippen molar-refractivity contribution in [1.82, 2.24) is 4.90 Å². The van der Waals surface area contributed by atoms with Crippen LogP contribution in [-0.2, 0) is 15.8 Å². The molecule has 2 fully saturated rings. The van der Waals surface area contributed by atoms with Gasteiger partial charge in [-0.05, 0) is 80.5 Å². The minimum absolute atomic E-state index is 0.0216. The van der Waals surface area contributed by atoms with Gasteiger partial charge >= 0.3 is 6.18 Å². The highest BCUT2D eigenvalue weighted by atomic mass is 19.4. The predicted octanol–water partition coefficient (Wildman–Crippen LogP) is 5.21. The zero-order valence-corrected chi connectivity index (χ0v) is 20.4. The minimum atomic E-state index is -4.82. The lowest BCUT2D eigenvalue weighted by Gasteiger charge is -2.44. The van der Waals surface area contributed by atoms with Crippen LogP contribution in [0.15, 0.2) is 54.6 Å². The highest BCUT2D eigenvalue weighted by Gasteiger charge is 2.51. The molecule has 3 N–H and O–H groups in total. The molecule has 0 radical (unpaired) electrons. The number of carbonyl (C=O) groups excluding carboxylic acids is 2. The van der Waals surface area contributed by atoms with Crippen LogP contribution in [0.4, 0.5) is 13.2 Å². The molecule has 0 aliphatic heterocycles. The monoisotopic (exact) mass is 502 g/mol. The first kappa shape index (κ1) is 26.2. The summed E-state index contributed by atoms with van der Waals surface area (Å²) in [6, 6.07) is 15.4. The molecule has 1 atom stereocenters. The van der Waals surface area contributed by atoms with Gasteiger partial charge in [0.15, 0.2) is 5.60 Å². The van der Waals surface area contributed by atoms with Crippen molar-refractivity contribution in [3.8, 4) is 0 Å². The number of nitrogens with zero attached hydrogens (tertiary/aromatic N) is 1. The van der Waals surface area contributed by atoms with Crippen LogP contribution in [0.2, 0.25) is 0 Å². The maximum absolute atomic E-state index is 13.5. The van der Waals surface area contributed by atoms with Gasteiger partial charge in [-0.2, -0.15) is 13.2 Å². The molecule has 0 saturated heterocycles. The Hall–Kier alpha value is -2.87. The van der Waals surface area contributed by atoms with E-state index >= 15 is 0 Å². The molecule has 2 aliphatic carbocycles. The number of carbonyl (C=O) groups is 2. The number of amides is 2. The van der Waals surface area contributed by atoms with E-state index in [0.717, 1.165) is 38.5 Å². The quantitative estimate of drug-likeness (QED) is 0.520. The first-order valence-electron chi connectivity index (χ1n) is 12.5. The lowest BCUT2D eigenvalue weighted by molar-refractivity contribution is -0.258. The molecule has 0 aromatic heterocycles. The Morgan fingerprint density at radius 3 is 2.03 bits per heavy atom. The molecule has 4 rings (SSSR count). The van der Waals surface area contributed by atoms with Crippen molar-refractivity contribution in [1.29, 1.82) is 0 Å². The number of nitrogens with two attached hydrogens (primary N) is 1. The van der Waals surface area contributed by atoms with E-state index in [9.17, 15) is 27.9 Å². The molecule has 2 saturated carbocycles. The normalized spacial score (nSPS) is 24.1. The molecule has 194 valence electrons. The van der Waals surface area contributed by atoms with E-state index < -0.39 is 11.8 Å². The SMILES string of the molecule is C[C@](O)(c1ccc(C(=O)N(C2CC2)C2CCC(CCC(N)=O)(c3ccccc3)CC2)cc1)C(F)(F)F. The fourth-order valence-corrected chi connectivity index (χ4v) is 5.50. The van der Waals surface area contributed by atoms with Crippen LogP contribution in [0, 0.1) is 0 Å². The smallest absolute Gasteiger partial charge is 0.376 e. The average Bonchev–Trinajstić information content (AvgIpc) is 3.69. The Balaban J connectivity index is 1.51. The first-order chi connectivity index (χ1) is 16.9. The maximum atomic E-state index is 13.5. The van der Waals surface area contributed by atoms with Gasteiger partial charge in [0.05, 0.1) is 0 Å². The van der Waals surface area contributed by atoms with E-state index in [-0.39, 0.29) is 34.9 Å². The van der Waals surface area contributed by atoms with E-state index in [1.807, 2.05) is 23.1 Å². The molecule has 2 aromatic carbocycles. The number of hydrogen-bond donors (Lipinski definition) is 2. The number of hydrogen-bond acceptors (Lipinski definition) is 3. The number of benzene rings is 2. The van der Waals surface area contributed by atoms with Gasteiger partial charge in [-0.1, -0.05) is 42.5 Å². The molecule has 2 amide bonds. The summed E-state index contributed by atoms with van der Waals surface area (Å²) < 4.78 is 39.6. The minimum Gasteiger partial charge on any atom is -0.376 e. The zero-order valence-electron chi connectivity index (χ0n) is 20.4. The summed E-state index contributed by atoms with van der Waals surface area (Å²) in [6.45, 7) is 0.708. The highest BCUT2D eigenvalue weighted by Crippen LogP contribution is 2.46. The van der Waals surface area contributed by atoms with E-state index in [2.05, 4.69) is 12.1 Å². The molecular formula is C28H33F3N2O3. The lowest BCUT2D eigenvalue weighted by atomic mass is 9.65. The van der Waals surface area contributed by atoms with Crippen LogP contribution in [0.25, 0.3) is 0 Å². The van der Waals surface area contributed by atoms with E-state index in [1.54, 1.807) is 0 Å². The topological polar surface area (TPSA) is 83.6 Å². The van der Waals surface area contributed by atoms with Gasteiger partial charge in [-0.3, -0.25) is 9.59 Å². The van der Waals surface area contributed by atoms with Crippen molar-refractivity contribution in [3.05, 3.63) is 71.3 Å². The third-order valence-electron chi connectivity index (χ3n) is 7.96. The predicted molar refractivity (Wildman–Crippen MR) is 130 cm³/mol. The van der Waals surface area contributed by atoms with Crippen LogP contribution in [-0.4, -0.2) is 40.1 Å². The van der Waals surface area contributed by atoms with Crippen molar-refractivity contribution in [2.75, 3.05) is 0 Å². The van der Waals surface area contributed by atoms with Gasteiger partial charge in [0.1, 0.15) is 0 Å². The van der Waals surface area contributed by atoms with Crippen molar-refractivity contribution >= 4 is 11.8 Å². The fourth-order valence-electron chi connectivity index (χ4n) is 5.50. The molecule has 0 heterocycles. The molecule has 2 aliphatic rings. The zero-order chi connectivity index (χ0) is 26.1. The number of alkyl halides is 3. The van der Waals surface area contributed by atoms with Crippen LogP contribution >= 0.6 is 0 Å². The second kappa shape index (κ2) is 9.88. The second-order valence-electron chi connectivity index (χ2n) is 10.4. The average molecular weight is 503 g/mol. The Kier molecular flexibility index (Phi) is 7.19. The Bertz CT molecular complexity index is 1070. The molecule has 0 unspecified atom stereocenters. The van der Waals surface area contributed by atoms with Crippen molar-refractivity contribution in [3.63, 3.8) is 0 Å². The Morgan fingerprint density at radius 1 is 0.972 bits per heavy atom. The molecule has 0 bridgehead atoms. The Labute approximate surface area is 209 Å². The molecular weight excluding hydrogens is 469 g/mol. The number of primary amides is 1. The summed E-state index contributed by atoms with van der Waals surface area (Å²) in [5.74, 6) is -0.514. The summed E-state index contributed by atoms with van der Waals surface area (Å²) in [6.07, 6.45) is 1.16. The number of aliphatic hydroxyl groups is 1. The van der Waals surface area contributed by atoms with Crippen LogP contribution in [0.5, 0.6) is 0 Å². The largest absolute Gasteiger partial charge is 0.421 e. The molecule has 8 heteroatoms. The van der Waals surface area contributed by atoms with Gasteiger partial charge in [-0.15, -0.1) is 0 Å². The summed E-state index contributed by atoms with van der Waals surface area (Å²) in [7, 11) is 0. The third kappa shape index (κ3) is 5.28. The third-order valence-corrected chi connectivity index (χ3v) is 7.96. The highest BCUT2D eigenvalue weighted by molar-refractivity contribution is 5.95. The molecule has 2 aromatic rings. The molecule has 5 nitrogen and oxygen atoms in total. The van der Waals surface area contributed by atoms with Crippen molar-refractivity contribution in [2.45, 2.75) is 87.6 Å². The second-order valence-corrected chi connectivity index (χ2v) is 10.4. The number of halogens is 3. The molecule has 36 heavy (non-hydrogen) atoms. The van der Waals surface area contributed by atoms with Gasteiger partial charge in [0.2, 0.25) is 5.91 Å². The van der Waals surface area contributed by atoms with Gasteiger partial charge in [0.25, 0.3) is 5.91 Å².